The number of aromatic nitrogens is 2. The molecule has 1 saturated heterocycles. The minimum absolute atomic E-state index is 0.108. The predicted octanol–water partition coefficient (Wildman–Crippen LogP) is 4.12. The van der Waals surface area contributed by atoms with Crippen molar-refractivity contribution in [3.63, 3.8) is 0 Å². The average molecular weight is 544 g/mol. The van der Waals surface area contributed by atoms with E-state index in [1.807, 2.05) is 25.3 Å². The summed E-state index contributed by atoms with van der Waals surface area (Å²) in [5, 5.41) is 10.3. The molecule has 2 aromatic carbocycles. The molecule has 2 N–H and O–H groups in total. The molecule has 1 fully saturated rings. The summed E-state index contributed by atoms with van der Waals surface area (Å²) in [4.78, 5) is 15.0. The second-order valence-corrected chi connectivity index (χ2v) is 11.3. The van der Waals surface area contributed by atoms with E-state index in [9.17, 15) is 8.42 Å². The van der Waals surface area contributed by atoms with Gasteiger partial charge in [-0.2, -0.15) is 0 Å². The van der Waals surface area contributed by atoms with Crippen LogP contribution in [0.3, 0.4) is 0 Å². The Morgan fingerprint density at radius 3 is 2.84 bits per heavy atom. The van der Waals surface area contributed by atoms with Gasteiger partial charge in [0.05, 0.1) is 23.6 Å². The maximum Gasteiger partial charge on any atom is 0.262 e. The van der Waals surface area contributed by atoms with Crippen molar-refractivity contribution in [2.24, 2.45) is 0 Å². The first kappa shape index (κ1) is 25.6. The second kappa shape index (κ2) is 11.2. The number of rotatable bonds is 9. The van der Waals surface area contributed by atoms with Crippen molar-refractivity contribution in [2.45, 2.75) is 30.8 Å². The number of nitrogens with one attached hydrogen (secondary N) is 2. The topological polar surface area (TPSA) is 119 Å². The summed E-state index contributed by atoms with van der Waals surface area (Å²) in [7, 11) is -2.28. The molecule has 1 aliphatic heterocycles. The van der Waals surface area contributed by atoms with Gasteiger partial charge in [0.15, 0.2) is 5.58 Å². The van der Waals surface area contributed by atoms with Crippen LogP contribution in [0.4, 0.5) is 5.00 Å². The summed E-state index contributed by atoms with van der Waals surface area (Å²) in [6.07, 6.45) is 2.76. The Bertz CT molecular complexity index is 1450. The molecule has 0 radical (unpaired) electrons. The van der Waals surface area contributed by atoms with Gasteiger partial charge in [-0.15, -0.1) is 0 Å². The lowest BCUT2D eigenvalue weighted by Gasteiger charge is -2.19. The van der Waals surface area contributed by atoms with Crippen LogP contribution in [0.15, 0.2) is 58.1 Å². The lowest BCUT2D eigenvalue weighted by atomic mass is 10.1. The molecule has 5 rings (SSSR count). The molecule has 10 nitrogen and oxygen atoms in total. The van der Waals surface area contributed by atoms with Gasteiger partial charge in [0.25, 0.3) is 10.0 Å². The van der Waals surface area contributed by atoms with Crippen molar-refractivity contribution in [3.8, 4) is 16.3 Å². The lowest BCUT2D eigenvalue weighted by molar-refractivity contribution is 0.0104. The number of hydrogen-bond acceptors (Lipinski definition) is 10. The third-order valence-electron chi connectivity index (χ3n) is 6.21. The Hall–Kier alpha value is -3.03. The van der Waals surface area contributed by atoms with Gasteiger partial charge in [-0.25, -0.2) is 13.4 Å². The van der Waals surface area contributed by atoms with E-state index in [4.69, 9.17) is 14.1 Å². The van der Waals surface area contributed by atoms with E-state index in [0.29, 0.717) is 28.8 Å². The molecule has 1 unspecified atom stereocenters. The van der Waals surface area contributed by atoms with Crippen LogP contribution >= 0.6 is 11.3 Å². The number of fused-ring (bicyclic) bond motifs is 1. The lowest BCUT2D eigenvalue weighted by Crippen LogP contribution is -2.26. The standard InChI is InChI=1S/C25H29N5O5S2/c1-3-19(35-29-37(31,32)18-8-5-4-6-9-18)24-23-20(33-2)14-17(15-21(23)34-28-24)25-27-16-22(36-25)30-12-7-10-26-11-13-30/h4-6,8-9,14-16,19,26,29H,3,7,10-13H2,1-2H3. The molecule has 0 amide bonds. The number of sulfonamides is 1. The summed E-state index contributed by atoms with van der Waals surface area (Å²) in [6, 6.07) is 11.8. The average Bonchev–Trinajstić information content (AvgIpc) is 3.49. The Morgan fingerprint density at radius 1 is 1.22 bits per heavy atom. The van der Waals surface area contributed by atoms with E-state index in [-0.39, 0.29) is 4.90 Å². The number of thiazole rings is 1. The Balaban J connectivity index is 1.41. The Morgan fingerprint density at radius 2 is 2.05 bits per heavy atom. The zero-order chi connectivity index (χ0) is 25.8. The SMILES string of the molecule is CCC(ONS(=O)(=O)c1ccccc1)c1noc2cc(-c3ncc(N4CCCNCC4)s3)cc(OC)c12. The molecule has 12 heteroatoms. The maximum atomic E-state index is 12.6. The summed E-state index contributed by atoms with van der Waals surface area (Å²) in [5.41, 5.74) is 1.82. The zero-order valence-electron chi connectivity index (χ0n) is 20.6. The van der Waals surface area contributed by atoms with Crippen LogP contribution in [-0.2, 0) is 14.9 Å². The van der Waals surface area contributed by atoms with Gasteiger partial charge >= 0.3 is 0 Å². The van der Waals surface area contributed by atoms with Crippen molar-refractivity contribution in [2.75, 3.05) is 38.2 Å². The third kappa shape index (κ3) is 5.48. The van der Waals surface area contributed by atoms with Gasteiger partial charge < -0.3 is 19.5 Å². The first-order chi connectivity index (χ1) is 18.0. The quantitative estimate of drug-likeness (QED) is 0.301. The molecule has 0 bridgehead atoms. The number of anilines is 1. The van der Waals surface area contributed by atoms with Crippen molar-refractivity contribution < 1.29 is 22.5 Å². The first-order valence-electron chi connectivity index (χ1n) is 12.1. The van der Waals surface area contributed by atoms with Gasteiger partial charge in [-0.05, 0) is 43.7 Å². The summed E-state index contributed by atoms with van der Waals surface area (Å²) < 4.78 is 36.6. The number of hydrogen-bond donors (Lipinski definition) is 2. The van der Waals surface area contributed by atoms with Crippen molar-refractivity contribution in [3.05, 3.63) is 54.4 Å². The Kier molecular flexibility index (Phi) is 7.72. The molecule has 4 aromatic rings. The molecule has 1 atom stereocenters. The molecule has 37 heavy (non-hydrogen) atoms. The highest BCUT2D eigenvalue weighted by Crippen LogP contribution is 2.40. The molecule has 0 saturated carbocycles. The number of ether oxygens (including phenoxy) is 1. The number of nitrogens with zero attached hydrogens (tertiary/aromatic N) is 3. The van der Waals surface area contributed by atoms with Crippen molar-refractivity contribution >= 4 is 37.3 Å². The maximum absolute atomic E-state index is 12.6. The van der Waals surface area contributed by atoms with Gasteiger partial charge in [0.1, 0.15) is 27.6 Å². The fourth-order valence-electron chi connectivity index (χ4n) is 4.28. The smallest absolute Gasteiger partial charge is 0.262 e. The molecular formula is C25H29N5O5S2. The fraction of sp³-hybridized carbons (Fsp3) is 0.360. The normalized spacial score (nSPS) is 15.6. The molecule has 196 valence electrons. The highest BCUT2D eigenvalue weighted by Gasteiger charge is 2.26. The third-order valence-corrected chi connectivity index (χ3v) is 8.52. The van der Waals surface area contributed by atoms with Crippen molar-refractivity contribution in [1.29, 1.82) is 0 Å². The minimum atomic E-state index is -3.85. The van der Waals surface area contributed by atoms with Gasteiger partial charge in [0, 0.05) is 25.2 Å². The summed E-state index contributed by atoms with van der Waals surface area (Å²) >= 11 is 1.62. The molecule has 0 spiro atoms. The largest absolute Gasteiger partial charge is 0.496 e. The first-order valence-corrected chi connectivity index (χ1v) is 14.4. The molecule has 2 aromatic heterocycles. The van der Waals surface area contributed by atoms with E-state index in [2.05, 4.69) is 25.2 Å². The van der Waals surface area contributed by atoms with E-state index < -0.39 is 16.1 Å². The van der Waals surface area contributed by atoms with Gasteiger partial charge in [-0.3, -0.25) is 4.84 Å². The Labute approximate surface area is 219 Å². The van der Waals surface area contributed by atoms with Gasteiger partial charge in [-0.1, -0.05) is 46.5 Å². The van der Waals surface area contributed by atoms with Crippen molar-refractivity contribution in [1.82, 2.24) is 20.3 Å². The predicted molar refractivity (Wildman–Crippen MR) is 142 cm³/mol. The number of benzene rings is 2. The van der Waals surface area contributed by atoms with Crippen LogP contribution in [0.1, 0.15) is 31.6 Å². The van der Waals surface area contributed by atoms with E-state index in [0.717, 1.165) is 48.2 Å². The molecule has 0 aliphatic carbocycles. The van der Waals surface area contributed by atoms with Crippen LogP contribution in [0, 0.1) is 0 Å². The zero-order valence-corrected chi connectivity index (χ0v) is 22.3. The van der Waals surface area contributed by atoms with E-state index in [1.54, 1.807) is 36.6 Å². The van der Waals surface area contributed by atoms with E-state index in [1.165, 1.54) is 12.1 Å². The van der Waals surface area contributed by atoms with E-state index >= 15 is 0 Å². The highest BCUT2D eigenvalue weighted by atomic mass is 32.2. The highest BCUT2D eigenvalue weighted by molar-refractivity contribution is 7.89. The summed E-state index contributed by atoms with van der Waals surface area (Å²) in [5.74, 6) is 0.549. The minimum Gasteiger partial charge on any atom is -0.496 e. The van der Waals surface area contributed by atoms with Crippen LogP contribution in [0.5, 0.6) is 5.75 Å². The molecular weight excluding hydrogens is 514 g/mol. The van der Waals surface area contributed by atoms with Crippen LogP contribution in [0.25, 0.3) is 21.5 Å². The van der Waals surface area contributed by atoms with Crippen LogP contribution < -0.4 is 19.8 Å². The fourth-order valence-corrected chi connectivity index (χ4v) is 6.09. The molecule has 1 aliphatic rings. The van der Waals surface area contributed by atoms with Gasteiger partial charge in [0.2, 0.25) is 0 Å². The molecule has 3 heterocycles. The monoisotopic (exact) mass is 543 g/mol. The number of methoxy groups -OCH3 is 1. The van der Waals surface area contributed by atoms with Crippen LogP contribution in [-0.4, -0.2) is 51.8 Å². The summed E-state index contributed by atoms with van der Waals surface area (Å²) in [6.45, 7) is 5.80. The van der Waals surface area contributed by atoms with Crippen LogP contribution in [0.2, 0.25) is 0 Å². The second-order valence-electron chi connectivity index (χ2n) is 8.63.